The van der Waals surface area contributed by atoms with Crippen molar-refractivity contribution in [3.8, 4) is 0 Å². The Morgan fingerprint density at radius 3 is 2.71 bits per heavy atom. The smallest absolute Gasteiger partial charge is 0.226 e. The summed E-state index contributed by atoms with van der Waals surface area (Å²) in [6.07, 6.45) is 0.730. The molecule has 1 atom stereocenters. The van der Waals surface area contributed by atoms with Crippen LogP contribution in [0.4, 0.5) is 5.69 Å². The zero-order valence-electron chi connectivity index (χ0n) is 13.4. The molecule has 0 saturated carbocycles. The van der Waals surface area contributed by atoms with Crippen molar-refractivity contribution >= 4 is 16.5 Å². The van der Waals surface area contributed by atoms with E-state index in [1.807, 2.05) is 61.5 Å². The Kier molecular flexibility index (Phi) is 5.38. The lowest BCUT2D eigenvalue weighted by Crippen LogP contribution is -2.02. The third kappa shape index (κ3) is 4.29. The van der Waals surface area contributed by atoms with Crippen LogP contribution in [-0.4, -0.2) is 14.3 Å². The van der Waals surface area contributed by atoms with E-state index in [9.17, 15) is 4.21 Å². The summed E-state index contributed by atoms with van der Waals surface area (Å²) < 4.78 is 17.5. The Bertz CT molecular complexity index is 818. The first kappa shape index (κ1) is 16.4. The van der Waals surface area contributed by atoms with Crippen molar-refractivity contribution in [3.63, 3.8) is 0 Å². The normalized spacial score (nSPS) is 12.0. The van der Waals surface area contributed by atoms with E-state index in [0.29, 0.717) is 24.0 Å². The molecular formula is C18H19N3O2S. The predicted molar refractivity (Wildman–Crippen MR) is 94.0 cm³/mol. The number of aromatic nitrogens is 2. The summed E-state index contributed by atoms with van der Waals surface area (Å²) in [6, 6.07) is 17.4. The van der Waals surface area contributed by atoms with Gasteiger partial charge in [0.05, 0.1) is 23.1 Å². The molecule has 0 aliphatic carbocycles. The fourth-order valence-corrected chi connectivity index (χ4v) is 3.37. The van der Waals surface area contributed by atoms with Crippen molar-refractivity contribution in [2.24, 2.45) is 0 Å². The van der Waals surface area contributed by atoms with E-state index in [-0.39, 0.29) is 0 Å². The number of benzene rings is 2. The number of hydrogen-bond donors (Lipinski definition) is 1. The highest BCUT2D eigenvalue weighted by atomic mass is 32.2. The Morgan fingerprint density at radius 1 is 1.12 bits per heavy atom. The largest absolute Gasteiger partial charge is 0.378 e. The molecule has 0 bridgehead atoms. The number of aryl methyl sites for hydroxylation is 1. The van der Waals surface area contributed by atoms with Crippen LogP contribution in [0, 0.1) is 0 Å². The van der Waals surface area contributed by atoms with E-state index in [1.54, 1.807) is 0 Å². The molecule has 0 spiro atoms. The minimum absolute atomic E-state index is 0.488. The highest BCUT2D eigenvalue weighted by Crippen LogP contribution is 2.16. The van der Waals surface area contributed by atoms with Crippen LogP contribution in [0.15, 0.2) is 64.0 Å². The fraction of sp³-hybridized carbons (Fsp3) is 0.222. The summed E-state index contributed by atoms with van der Waals surface area (Å²) in [5, 5.41) is 7.18. The first-order valence-electron chi connectivity index (χ1n) is 7.82. The van der Waals surface area contributed by atoms with Gasteiger partial charge in [0.2, 0.25) is 5.89 Å². The van der Waals surface area contributed by atoms with Gasteiger partial charge >= 0.3 is 0 Å². The SMILES string of the molecule is CCc1nc(CNc2cccc(CS(=O)c3ccccc3)c2)no1. The molecule has 2 aromatic carbocycles. The van der Waals surface area contributed by atoms with E-state index < -0.39 is 10.8 Å². The van der Waals surface area contributed by atoms with E-state index in [0.717, 1.165) is 22.6 Å². The van der Waals surface area contributed by atoms with Gasteiger partial charge in [0.1, 0.15) is 0 Å². The van der Waals surface area contributed by atoms with Crippen LogP contribution in [0.2, 0.25) is 0 Å². The quantitative estimate of drug-likeness (QED) is 0.712. The third-order valence-electron chi connectivity index (χ3n) is 3.49. The van der Waals surface area contributed by atoms with E-state index in [1.165, 1.54) is 0 Å². The molecule has 0 aliphatic rings. The summed E-state index contributed by atoms with van der Waals surface area (Å²) in [6.45, 7) is 2.47. The van der Waals surface area contributed by atoms with Crippen LogP contribution in [-0.2, 0) is 29.5 Å². The molecule has 1 heterocycles. The molecular weight excluding hydrogens is 322 g/mol. The maximum atomic E-state index is 12.4. The first-order chi connectivity index (χ1) is 11.7. The lowest BCUT2D eigenvalue weighted by molar-refractivity contribution is 0.377. The first-order valence-corrected chi connectivity index (χ1v) is 9.14. The molecule has 24 heavy (non-hydrogen) atoms. The van der Waals surface area contributed by atoms with Gasteiger partial charge in [-0.05, 0) is 29.8 Å². The molecule has 3 aromatic rings. The molecule has 5 nitrogen and oxygen atoms in total. The van der Waals surface area contributed by atoms with Crippen molar-refractivity contribution in [3.05, 3.63) is 71.9 Å². The summed E-state index contributed by atoms with van der Waals surface area (Å²) in [5.74, 6) is 1.76. The molecule has 3 rings (SSSR count). The Morgan fingerprint density at radius 2 is 1.96 bits per heavy atom. The van der Waals surface area contributed by atoms with Gasteiger partial charge in [0, 0.05) is 17.0 Å². The second-order valence-corrected chi connectivity index (χ2v) is 6.77. The second kappa shape index (κ2) is 7.88. The van der Waals surface area contributed by atoms with Gasteiger partial charge in [-0.1, -0.05) is 42.4 Å². The molecule has 0 amide bonds. The molecule has 0 radical (unpaired) electrons. The number of nitrogens with zero attached hydrogens (tertiary/aromatic N) is 2. The van der Waals surface area contributed by atoms with Crippen molar-refractivity contribution < 1.29 is 8.73 Å². The predicted octanol–water partition coefficient (Wildman–Crippen LogP) is 3.55. The molecule has 0 aliphatic heterocycles. The lowest BCUT2D eigenvalue weighted by Gasteiger charge is -2.07. The van der Waals surface area contributed by atoms with Crippen molar-refractivity contribution in [2.75, 3.05) is 5.32 Å². The van der Waals surface area contributed by atoms with Gasteiger partial charge < -0.3 is 9.84 Å². The Balaban J connectivity index is 1.62. The third-order valence-corrected chi connectivity index (χ3v) is 4.89. The summed E-state index contributed by atoms with van der Waals surface area (Å²) in [5.41, 5.74) is 1.96. The number of anilines is 1. The number of hydrogen-bond acceptors (Lipinski definition) is 5. The monoisotopic (exact) mass is 341 g/mol. The van der Waals surface area contributed by atoms with Gasteiger partial charge in [0.15, 0.2) is 5.82 Å². The summed E-state index contributed by atoms with van der Waals surface area (Å²) in [7, 11) is -1.05. The van der Waals surface area contributed by atoms with Crippen LogP contribution < -0.4 is 5.32 Å². The van der Waals surface area contributed by atoms with Crippen molar-refractivity contribution in [2.45, 2.75) is 30.5 Å². The van der Waals surface area contributed by atoms with Crippen molar-refractivity contribution in [1.82, 2.24) is 10.1 Å². The van der Waals surface area contributed by atoms with Crippen LogP contribution >= 0.6 is 0 Å². The van der Waals surface area contributed by atoms with Crippen LogP contribution in [0.5, 0.6) is 0 Å². The van der Waals surface area contributed by atoms with E-state index in [4.69, 9.17) is 4.52 Å². The lowest BCUT2D eigenvalue weighted by atomic mass is 10.2. The highest BCUT2D eigenvalue weighted by Gasteiger charge is 2.07. The molecule has 1 unspecified atom stereocenters. The molecule has 6 heteroatoms. The Labute approximate surface area is 143 Å². The van der Waals surface area contributed by atoms with Gasteiger partial charge in [0.25, 0.3) is 0 Å². The maximum Gasteiger partial charge on any atom is 0.226 e. The standard InChI is InChI=1S/C18H19N3O2S/c1-2-18-20-17(21-23-18)12-19-15-8-6-7-14(11-15)13-24(22)16-9-4-3-5-10-16/h3-11,19H,2,12-13H2,1H3. The van der Waals surface area contributed by atoms with Gasteiger partial charge in [-0.25, -0.2) is 0 Å². The maximum absolute atomic E-state index is 12.4. The van der Waals surface area contributed by atoms with E-state index >= 15 is 0 Å². The van der Waals surface area contributed by atoms with Crippen LogP contribution in [0.1, 0.15) is 24.2 Å². The zero-order chi connectivity index (χ0) is 16.8. The van der Waals surface area contributed by atoms with Gasteiger partial charge in [-0.2, -0.15) is 4.98 Å². The minimum atomic E-state index is -1.05. The second-order valence-electron chi connectivity index (χ2n) is 5.31. The topological polar surface area (TPSA) is 68.0 Å². The highest BCUT2D eigenvalue weighted by molar-refractivity contribution is 7.84. The average Bonchev–Trinajstić information content (AvgIpc) is 3.09. The van der Waals surface area contributed by atoms with E-state index in [2.05, 4.69) is 15.5 Å². The Hall–Kier alpha value is -2.47. The minimum Gasteiger partial charge on any atom is -0.378 e. The molecule has 1 aromatic heterocycles. The number of nitrogens with one attached hydrogen (secondary N) is 1. The van der Waals surface area contributed by atoms with Crippen LogP contribution in [0.25, 0.3) is 0 Å². The van der Waals surface area contributed by atoms with Gasteiger partial charge in [-0.15, -0.1) is 0 Å². The van der Waals surface area contributed by atoms with Crippen molar-refractivity contribution in [1.29, 1.82) is 0 Å². The summed E-state index contributed by atoms with van der Waals surface area (Å²) >= 11 is 0. The molecule has 1 N–H and O–H groups in total. The molecule has 0 saturated heterocycles. The fourth-order valence-electron chi connectivity index (χ4n) is 2.26. The molecule has 0 fully saturated rings. The number of rotatable bonds is 7. The summed E-state index contributed by atoms with van der Waals surface area (Å²) in [4.78, 5) is 5.11. The zero-order valence-corrected chi connectivity index (χ0v) is 14.3. The van der Waals surface area contributed by atoms with Gasteiger partial charge in [-0.3, -0.25) is 4.21 Å². The molecule has 124 valence electrons. The van der Waals surface area contributed by atoms with Crippen LogP contribution in [0.3, 0.4) is 0 Å². The average molecular weight is 341 g/mol.